The highest BCUT2D eigenvalue weighted by Crippen LogP contribution is 2.44. The maximum absolute atomic E-state index is 12.2. The van der Waals surface area contributed by atoms with Crippen molar-refractivity contribution in [3.05, 3.63) is 59.7 Å². The van der Waals surface area contributed by atoms with E-state index >= 15 is 0 Å². The number of ether oxygens (including phenoxy) is 1. The Kier molecular flexibility index (Phi) is 8.09. The van der Waals surface area contributed by atoms with Gasteiger partial charge in [0.25, 0.3) is 0 Å². The monoisotopic (exact) mass is 452 g/mol. The first-order valence-electron chi connectivity index (χ1n) is 11.4. The molecular weight excluding hydrogens is 420 g/mol. The molecule has 0 bridgehead atoms. The molecule has 2 atom stereocenters. The molecular formula is C26H32N2O5. The van der Waals surface area contributed by atoms with E-state index in [4.69, 9.17) is 9.84 Å². The quantitative estimate of drug-likeness (QED) is 0.561. The summed E-state index contributed by atoms with van der Waals surface area (Å²) in [7, 11) is 1.50. The molecule has 0 aromatic heterocycles. The molecule has 0 saturated heterocycles. The van der Waals surface area contributed by atoms with E-state index < -0.39 is 18.1 Å². The van der Waals surface area contributed by atoms with Crippen molar-refractivity contribution in [2.24, 2.45) is 5.92 Å². The third-order valence-corrected chi connectivity index (χ3v) is 6.43. The van der Waals surface area contributed by atoms with Crippen molar-refractivity contribution in [2.45, 2.75) is 45.1 Å². The lowest BCUT2D eigenvalue weighted by Crippen LogP contribution is -2.40. The number of carbonyl (C=O) groups excluding carboxylic acids is 2. The van der Waals surface area contributed by atoms with Crippen LogP contribution < -0.4 is 5.32 Å². The number of likely N-dealkylation sites (N-methyl/N-ethyl adjacent to an activating group) is 1. The summed E-state index contributed by atoms with van der Waals surface area (Å²) in [5.41, 5.74) is 4.72. The first kappa shape index (κ1) is 24.3. The summed E-state index contributed by atoms with van der Waals surface area (Å²) in [6, 6.07) is 15.6. The molecule has 0 spiro atoms. The number of benzene rings is 2. The van der Waals surface area contributed by atoms with Crippen LogP contribution in [0.1, 0.15) is 50.2 Å². The van der Waals surface area contributed by atoms with E-state index in [2.05, 4.69) is 29.6 Å². The molecule has 3 rings (SSSR count). The van der Waals surface area contributed by atoms with Crippen LogP contribution in [0.3, 0.4) is 0 Å². The SMILES string of the molecule is CC(CCNC(=O)OCC1c2ccccc2-c2ccccc21)CCC(=O)N(C)[C@@H](C)C(=O)O. The number of carboxylic acid groups (broad SMARTS) is 1. The number of fused-ring (bicyclic) bond motifs is 3. The summed E-state index contributed by atoms with van der Waals surface area (Å²) >= 11 is 0. The molecule has 2 aromatic rings. The van der Waals surface area contributed by atoms with Crippen molar-refractivity contribution in [3.63, 3.8) is 0 Å². The lowest BCUT2D eigenvalue weighted by atomic mass is 9.98. The van der Waals surface area contributed by atoms with Crippen LogP contribution in [0.25, 0.3) is 11.1 Å². The Labute approximate surface area is 194 Å². The van der Waals surface area contributed by atoms with Crippen LogP contribution in [0.5, 0.6) is 0 Å². The van der Waals surface area contributed by atoms with Crippen LogP contribution in [0.2, 0.25) is 0 Å². The van der Waals surface area contributed by atoms with E-state index in [9.17, 15) is 14.4 Å². The number of nitrogens with zero attached hydrogens (tertiary/aromatic N) is 1. The van der Waals surface area contributed by atoms with E-state index in [0.29, 0.717) is 19.4 Å². The van der Waals surface area contributed by atoms with Crippen molar-refractivity contribution >= 4 is 18.0 Å². The number of hydrogen-bond donors (Lipinski definition) is 2. The minimum atomic E-state index is -1.02. The van der Waals surface area contributed by atoms with Gasteiger partial charge >= 0.3 is 12.1 Å². The second-order valence-electron chi connectivity index (χ2n) is 8.70. The minimum Gasteiger partial charge on any atom is -0.480 e. The van der Waals surface area contributed by atoms with Crippen LogP contribution in [0.15, 0.2) is 48.5 Å². The number of rotatable bonds is 10. The molecule has 33 heavy (non-hydrogen) atoms. The van der Waals surface area contributed by atoms with Gasteiger partial charge in [-0.3, -0.25) is 4.79 Å². The first-order valence-corrected chi connectivity index (χ1v) is 11.4. The van der Waals surface area contributed by atoms with Gasteiger partial charge in [0.1, 0.15) is 12.6 Å². The normalized spacial score (nSPS) is 14.0. The molecule has 1 unspecified atom stereocenters. The van der Waals surface area contributed by atoms with Crippen LogP contribution in [-0.4, -0.2) is 54.2 Å². The van der Waals surface area contributed by atoms with Gasteiger partial charge in [-0.15, -0.1) is 0 Å². The van der Waals surface area contributed by atoms with Crippen molar-refractivity contribution in [3.8, 4) is 11.1 Å². The predicted molar refractivity (Wildman–Crippen MR) is 126 cm³/mol. The largest absolute Gasteiger partial charge is 0.480 e. The first-order chi connectivity index (χ1) is 15.8. The second kappa shape index (κ2) is 11.0. The minimum absolute atomic E-state index is 0.0262. The summed E-state index contributed by atoms with van der Waals surface area (Å²) in [4.78, 5) is 36.6. The molecule has 0 fully saturated rings. The number of carboxylic acids is 1. The van der Waals surface area contributed by atoms with Gasteiger partial charge in [-0.25, -0.2) is 9.59 Å². The zero-order valence-electron chi connectivity index (χ0n) is 19.4. The summed E-state index contributed by atoms with van der Waals surface area (Å²) in [5.74, 6) is -0.984. The lowest BCUT2D eigenvalue weighted by Gasteiger charge is -2.22. The highest BCUT2D eigenvalue weighted by molar-refractivity contribution is 5.83. The number of amides is 2. The van der Waals surface area contributed by atoms with Gasteiger partial charge < -0.3 is 20.1 Å². The molecule has 2 amide bonds. The van der Waals surface area contributed by atoms with E-state index in [-0.39, 0.29) is 30.8 Å². The molecule has 7 nitrogen and oxygen atoms in total. The van der Waals surface area contributed by atoms with Crippen LogP contribution >= 0.6 is 0 Å². The van der Waals surface area contributed by atoms with Gasteiger partial charge in [0, 0.05) is 25.9 Å². The van der Waals surface area contributed by atoms with Gasteiger partial charge in [0.15, 0.2) is 0 Å². The van der Waals surface area contributed by atoms with Crippen molar-refractivity contribution < 1.29 is 24.2 Å². The third-order valence-electron chi connectivity index (χ3n) is 6.43. The number of hydrogen-bond acceptors (Lipinski definition) is 4. The molecule has 0 saturated carbocycles. The average Bonchev–Trinajstić information content (AvgIpc) is 3.13. The van der Waals surface area contributed by atoms with Gasteiger partial charge in [0.05, 0.1) is 0 Å². The standard InChI is InChI=1S/C26H32N2O5/c1-17(12-13-24(29)28(3)18(2)25(30)31)14-15-27-26(32)33-16-23-21-10-6-4-8-19(21)20-9-5-7-11-22(20)23/h4-11,17-18,23H,12-16H2,1-3H3,(H,27,32)(H,30,31)/t17?,18-/m0/s1. The molecule has 1 aliphatic rings. The number of nitrogens with one attached hydrogen (secondary N) is 1. The fourth-order valence-electron chi connectivity index (χ4n) is 4.14. The Hall–Kier alpha value is -3.35. The molecule has 0 aliphatic heterocycles. The number of alkyl carbamates (subject to hydrolysis) is 1. The predicted octanol–water partition coefficient (Wildman–Crippen LogP) is 4.26. The van der Waals surface area contributed by atoms with E-state index in [1.165, 1.54) is 41.1 Å². The number of aliphatic carboxylic acids is 1. The Morgan fingerprint density at radius 2 is 1.58 bits per heavy atom. The second-order valence-corrected chi connectivity index (χ2v) is 8.70. The zero-order chi connectivity index (χ0) is 24.0. The molecule has 1 aliphatic carbocycles. The fraction of sp³-hybridized carbons (Fsp3) is 0.423. The summed E-state index contributed by atoms with van der Waals surface area (Å²) in [5, 5.41) is 11.8. The van der Waals surface area contributed by atoms with Gasteiger partial charge in [0.2, 0.25) is 5.91 Å². The van der Waals surface area contributed by atoms with Gasteiger partial charge in [-0.05, 0) is 47.9 Å². The summed E-state index contributed by atoms with van der Waals surface area (Å²) in [6.07, 6.45) is 1.16. The molecule has 2 aromatic carbocycles. The Morgan fingerprint density at radius 1 is 1.00 bits per heavy atom. The molecule has 0 radical (unpaired) electrons. The maximum atomic E-state index is 12.2. The summed E-state index contributed by atoms with van der Waals surface area (Å²) in [6.45, 7) is 4.22. The molecule has 7 heteroatoms. The third kappa shape index (κ3) is 5.92. The van der Waals surface area contributed by atoms with Crippen LogP contribution in [0.4, 0.5) is 4.79 Å². The van der Waals surface area contributed by atoms with Crippen molar-refractivity contribution in [2.75, 3.05) is 20.2 Å². The Bertz CT molecular complexity index is 960. The highest BCUT2D eigenvalue weighted by atomic mass is 16.5. The average molecular weight is 453 g/mol. The molecule has 176 valence electrons. The van der Waals surface area contributed by atoms with Gasteiger partial charge in [-0.2, -0.15) is 0 Å². The molecule has 0 heterocycles. The Morgan fingerprint density at radius 3 is 2.15 bits per heavy atom. The van der Waals surface area contributed by atoms with E-state index in [0.717, 1.165) is 0 Å². The van der Waals surface area contributed by atoms with E-state index in [1.54, 1.807) is 0 Å². The van der Waals surface area contributed by atoms with Crippen LogP contribution in [-0.2, 0) is 14.3 Å². The van der Waals surface area contributed by atoms with Crippen LogP contribution in [0, 0.1) is 5.92 Å². The van der Waals surface area contributed by atoms with Crippen molar-refractivity contribution in [1.82, 2.24) is 10.2 Å². The lowest BCUT2D eigenvalue weighted by molar-refractivity contribution is -0.148. The Balaban J connectivity index is 1.40. The van der Waals surface area contributed by atoms with E-state index in [1.807, 2.05) is 31.2 Å². The highest BCUT2D eigenvalue weighted by Gasteiger charge is 2.29. The molecule has 2 N–H and O–H groups in total. The zero-order valence-corrected chi connectivity index (χ0v) is 19.4. The maximum Gasteiger partial charge on any atom is 0.407 e. The van der Waals surface area contributed by atoms with Gasteiger partial charge in [-0.1, -0.05) is 55.5 Å². The van der Waals surface area contributed by atoms with Crippen molar-refractivity contribution in [1.29, 1.82) is 0 Å². The smallest absolute Gasteiger partial charge is 0.407 e. The topological polar surface area (TPSA) is 95.9 Å². The number of carbonyl (C=O) groups is 3. The summed E-state index contributed by atoms with van der Waals surface area (Å²) < 4.78 is 5.53. The fourth-order valence-corrected chi connectivity index (χ4v) is 4.14.